The summed E-state index contributed by atoms with van der Waals surface area (Å²) in [7, 11) is 1.46. The molecule has 0 bridgehead atoms. The van der Waals surface area contributed by atoms with Gasteiger partial charge in [0.15, 0.2) is 10.9 Å². The molecular formula is C12H10Cl2N2O2S. The molecule has 0 radical (unpaired) electrons. The van der Waals surface area contributed by atoms with Gasteiger partial charge in [-0.2, -0.15) is 0 Å². The van der Waals surface area contributed by atoms with Gasteiger partial charge in [-0.3, -0.25) is 10.1 Å². The summed E-state index contributed by atoms with van der Waals surface area (Å²) in [5, 5.41) is 5.64. The van der Waals surface area contributed by atoms with E-state index < -0.39 is 0 Å². The third kappa shape index (κ3) is 3.18. The number of benzene rings is 1. The van der Waals surface area contributed by atoms with Gasteiger partial charge in [-0.25, -0.2) is 4.98 Å². The number of nitrogens with zero attached hydrogens (tertiary/aromatic N) is 1. The lowest BCUT2D eigenvalue weighted by Gasteiger charge is -2.08. The molecule has 0 aliphatic heterocycles. The number of methoxy groups -OCH3 is 1. The van der Waals surface area contributed by atoms with Gasteiger partial charge in [-0.05, 0) is 19.1 Å². The first-order chi connectivity index (χ1) is 9.01. The molecule has 1 amide bonds. The lowest BCUT2D eigenvalue weighted by Crippen LogP contribution is -2.12. The molecule has 0 unspecified atom stereocenters. The third-order valence-corrected chi connectivity index (χ3v) is 3.74. The highest BCUT2D eigenvalue weighted by molar-refractivity contribution is 7.13. The Bertz CT molecular complexity index is 605. The maximum absolute atomic E-state index is 12.0. The van der Waals surface area contributed by atoms with Crippen LogP contribution in [0.25, 0.3) is 0 Å². The van der Waals surface area contributed by atoms with Crippen LogP contribution in [0.3, 0.4) is 0 Å². The fourth-order valence-electron chi connectivity index (χ4n) is 1.47. The van der Waals surface area contributed by atoms with Crippen molar-refractivity contribution in [2.24, 2.45) is 0 Å². The Hall–Kier alpha value is -1.30. The van der Waals surface area contributed by atoms with E-state index in [1.807, 2.05) is 12.3 Å². The zero-order valence-corrected chi connectivity index (χ0v) is 12.5. The summed E-state index contributed by atoms with van der Waals surface area (Å²) in [5.74, 6) is 0.0331. The lowest BCUT2D eigenvalue weighted by molar-refractivity contribution is 0.102. The summed E-state index contributed by atoms with van der Waals surface area (Å²) in [5.41, 5.74) is 1.20. The molecule has 2 rings (SSSR count). The molecule has 0 aliphatic carbocycles. The molecule has 7 heteroatoms. The Labute approximate surface area is 124 Å². The van der Waals surface area contributed by atoms with E-state index in [9.17, 15) is 4.79 Å². The highest BCUT2D eigenvalue weighted by Crippen LogP contribution is 2.34. The summed E-state index contributed by atoms with van der Waals surface area (Å²) in [6, 6.07) is 3.00. The third-order valence-electron chi connectivity index (χ3n) is 2.30. The van der Waals surface area contributed by atoms with Crippen molar-refractivity contribution in [3.8, 4) is 5.75 Å². The van der Waals surface area contributed by atoms with Crippen molar-refractivity contribution < 1.29 is 9.53 Å². The molecule has 2 aromatic rings. The van der Waals surface area contributed by atoms with Crippen LogP contribution in [0, 0.1) is 6.92 Å². The van der Waals surface area contributed by atoms with Crippen LogP contribution in [0.2, 0.25) is 10.0 Å². The van der Waals surface area contributed by atoms with E-state index in [-0.39, 0.29) is 16.0 Å². The van der Waals surface area contributed by atoms with Crippen molar-refractivity contribution in [1.82, 2.24) is 4.98 Å². The van der Waals surface area contributed by atoms with E-state index in [0.717, 1.165) is 5.69 Å². The van der Waals surface area contributed by atoms with Crippen LogP contribution >= 0.6 is 34.5 Å². The van der Waals surface area contributed by atoms with E-state index in [1.54, 1.807) is 0 Å². The van der Waals surface area contributed by atoms with Gasteiger partial charge in [0.05, 0.1) is 22.8 Å². The van der Waals surface area contributed by atoms with Crippen molar-refractivity contribution in [2.75, 3.05) is 12.4 Å². The van der Waals surface area contributed by atoms with Gasteiger partial charge < -0.3 is 4.74 Å². The van der Waals surface area contributed by atoms with Gasteiger partial charge in [0.25, 0.3) is 5.91 Å². The highest BCUT2D eigenvalue weighted by atomic mass is 35.5. The Balaban J connectivity index is 2.24. The Kier molecular flexibility index (Phi) is 4.29. The molecule has 1 heterocycles. The largest absolute Gasteiger partial charge is 0.494 e. The van der Waals surface area contributed by atoms with Gasteiger partial charge in [0, 0.05) is 10.9 Å². The molecule has 4 nitrogen and oxygen atoms in total. The minimum absolute atomic E-state index is 0.287. The topological polar surface area (TPSA) is 51.2 Å². The van der Waals surface area contributed by atoms with Crippen molar-refractivity contribution in [3.05, 3.63) is 38.8 Å². The Morgan fingerprint density at radius 2 is 2.00 bits per heavy atom. The number of nitrogens with one attached hydrogen (secondary N) is 1. The van der Waals surface area contributed by atoms with E-state index >= 15 is 0 Å². The van der Waals surface area contributed by atoms with E-state index in [0.29, 0.717) is 16.4 Å². The number of rotatable bonds is 3. The van der Waals surface area contributed by atoms with Gasteiger partial charge in [-0.15, -0.1) is 11.3 Å². The molecule has 0 aliphatic rings. The molecule has 100 valence electrons. The number of hydrogen-bond donors (Lipinski definition) is 1. The zero-order valence-electron chi connectivity index (χ0n) is 10.2. The summed E-state index contributed by atoms with van der Waals surface area (Å²) in [6.45, 7) is 1.85. The number of aryl methyl sites for hydroxylation is 1. The van der Waals surface area contributed by atoms with Crippen molar-refractivity contribution in [2.45, 2.75) is 6.92 Å². The molecule has 19 heavy (non-hydrogen) atoms. The quantitative estimate of drug-likeness (QED) is 0.930. The molecule has 0 saturated heterocycles. The average Bonchev–Trinajstić information content (AvgIpc) is 2.74. The van der Waals surface area contributed by atoms with Crippen LogP contribution in [0.15, 0.2) is 17.5 Å². The fourth-order valence-corrected chi connectivity index (χ4v) is 2.79. The van der Waals surface area contributed by atoms with Gasteiger partial charge in [0.2, 0.25) is 0 Å². The normalized spacial score (nSPS) is 10.3. The molecule has 1 aromatic carbocycles. The highest BCUT2D eigenvalue weighted by Gasteiger charge is 2.14. The van der Waals surface area contributed by atoms with Crippen LogP contribution in [0.1, 0.15) is 16.1 Å². The molecule has 1 aromatic heterocycles. The minimum Gasteiger partial charge on any atom is -0.494 e. The monoisotopic (exact) mass is 316 g/mol. The number of ether oxygens (including phenoxy) is 1. The molecular weight excluding hydrogens is 307 g/mol. The first-order valence-electron chi connectivity index (χ1n) is 5.27. The summed E-state index contributed by atoms with van der Waals surface area (Å²) in [6.07, 6.45) is 0. The maximum Gasteiger partial charge on any atom is 0.257 e. The van der Waals surface area contributed by atoms with E-state index in [1.165, 1.54) is 30.6 Å². The van der Waals surface area contributed by atoms with Crippen LogP contribution in [-0.2, 0) is 0 Å². The number of amides is 1. The second-order valence-corrected chi connectivity index (χ2v) is 5.39. The Morgan fingerprint density at radius 3 is 2.47 bits per heavy atom. The molecule has 1 N–H and O–H groups in total. The van der Waals surface area contributed by atoms with Crippen molar-refractivity contribution >= 4 is 45.6 Å². The fraction of sp³-hybridized carbons (Fsp3) is 0.167. The number of carbonyl (C=O) groups excluding carboxylic acids is 1. The summed E-state index contributed by atoms with van der Waals surface area (Å²) in [4.78, 5) is 16.2. The molecule has 0 atom stereocenters. The number of thiazole rings is 1. The van der Waals surface area contributed by atoms with Crippen molar-refractivity contribution in [3.63, 3.8) is 0 Å². The summed E-state index contributed by atoms with van der Waals surface area (Å²) >= 11 is 13.3. The number of halogens is 2. The standard InChI is InChI=1S/C12H10Cl2N2O2S/c1-6-5-19-12(15-6)16-11(17)7-3-8(13)10(18-2)9(14)4-7/h3-5H,1-2H3,(H,15,16,17). The maximum atomic E-state index is 12.0. The van der Waals surface area contributed by atoms with Crippen LogP contribution in [0.4, 0.5) is 5.13 Å². The zero-order chi connectivity index (χ0) is 14.0. The molecule has 0 saturated carbocycles. The smallest absolute Gasteiger partial charge is 0.257 e. The van der Waals surface area contributed by atoms with Crippen LogP contribution < -0.4 is 10.1 Å². The van der Waals surface area contributed by atoms with Gasteiger partial charge in [-0.1, -0.05) is 23.2 Å². The van der Waals surface area contributed by atoms with E-state index in [2.05, 4.69) is 10.3 Å². The minimum atomic E-state index is -0.319. The second-order valence-electron chi connectivity index (χ2n) is 3.72. The first kappa shape index (κ1) is 14.1. The van der Waals surface area contributed by atoms with Gasteiger partial charge >= 0.3 is 0 Å². The van der Waals surface area contributed by atoms with Crippen molar-refractivity contribution in [1.29, 1.82) is 0 Å². The average molecular weight is 317 g/mol. The number of aromatic nitrogens is 1. The lowest BCUT2D eigenvalue weighted by atomic mass is 10.2. The van der Waals surface area contributed by atoms with Crippen LogP contribution in [0.5, 0.6) is 5.75 Å². The first-order valence-corrected chi connectivity index (χ1v) is 6.91. The van der Waals surface area contributed by atoms with E-state index in [4.69, 9.17) is 27.9 Å². The Morgan fingerprint density at radius 1 is 1.37 bits per heavy atom. The number of hydrogen-bond acceptors (Lipinski definition) is 4. The molecule has 0 fully saturated rings. The predicted molar refractivity (Wildman–Crippen MR) is 77.8 cm³/mol. The SMILES string of the molecule is COc1c(Cl)cc(C(=O)Nc2nc(C)cs2)cc1Cl. The number of carbonyl (C=O) groups is 1. The van der Waals surface area contributed by atoms with Crippen LogP contribution in [-0.4, -0.2) is 18.0 Å². The second kappa shape index (κ2) is 5.77. The van der Waals surface area contributed by atoms with Gasteiger partial charge in [0.1, 0.15) is 0 Å². The predicted octanol–water partition coefficient (Wildman–Crippen LogP) is 4.02. The number of anilines is 1. The summed E-state index contributed by atoms with van der Waals surface area (Å²) < 4.78 is 5.03. The molecule has 0 spiro atoms.